The lowest BCUT2D eigenvalue weighted by Crippen LogP contribution is -1.91. The zero-order chi connectivity index (χ0) is 12.7. The van der Waals surface area contributed by atoms with E-state index in [1.807, 2.05) is 43.3 Å². The van der Waals surface area contributed by atoms with Crippen LogP contribution in [0, 0.1) is 6.92 Å². The van der Waals surface area contributed by atoms with Gasteiger partial charge in [-0.3, -0.25) is 0 Å². The van der Waals surface area contributed by atoms with Crippen molar-refractivity contribution in [2.75, 3.05) is 5.73 Å². The van der Waals surface area contributed by atoms with Crippen LogP contribution in [0.25, 0.3) is 20.8 Å². The second-order valence-corrected chi connectivity index (χ2v) is 5.53. The summed E-state index contributed by atoms with van der Waals surface area (Å²) in [5.41, 5.74) is 9.80. The van der Waals surface area contributed by atoms with E-state index in [2.05, 4.69) is 4.98 Å². The Morgan fingerprint density at radius 3 is 2.72 bits per heavy atom. The molecular formula is C14H11ClN2S. The van der Waals surface area contributed by atoms with Crippen LogP contribution in [-0.4, -0.2) is 4.98 Å². The minimum atomic E-state index is 0.748. The fourth-order valence-electron chi connectivity index (χ4n) is 1.92. The molecule has 3 aromatic rings. The molecule has 0 aliphatic carbocycles. The van der Waals surface area contributed by atoms with Crippen molar-refractivity contribution < 1.29 is 0 Å². The maximum atomic E-state index is 6.17. The van der Waals surface area contributed by atoms with Gasteiger partial charge in [0.05, 0.1) is 15.2 Å². The lowest BCUT2D eigenvalue weighted by atomic mass is 10.1. The van der Waals surface area contributed by atoms with Crippen molar-refractivity contribution in [1.82, 2.24) is 4.98 Å². The molecule has 0 radical (unpaired) electrons. The Labute approximate surface area is 114 Å². The monoisotopic (exact) mass is 274 g/mol. The highest BCUT2D eigenvalue weighted by Crippen LogP contribution is 2.36. The molecule has 18 heavy (non-hydrogen) atoms. The molecule has 0 bridgehead atoms. The van der Waals surface area contributed by atoms with Gasteiger partial charge in [-0.2, -0.15) is 0 Å². The Bertz CT molecular complexity index is 734. The molecule has 0 aliphatic rings. The van der Waals surface area contributed by atoms with E-state index in [9.17, 15) is 0 Å². The molecule has 4 heteroatoms. The third-order valence-corrected chi connectivity index (χ3v) is 4.54. The van der Waals surface area contributed by atoms with Gasteiger partial charge in [0.25, 0.3) is 0 Å². The number of thiazole rings is 1. The molecule has 0 spiro atoms. The first kappa shape index (κ1) is 11.5. The molecule has 2 aromatic carbocycles. The third kappa shape index (κ3) is 1.76. The van der Waals surface area contributed by atoms with Crippen LogP contribution in [0.3, 0.4) is 0 Å². The number of hydrogen-bond acceptors (Lipinski definition) is 3. The first-order valence-corrected chi connectivity index (χ1v) is 6.77. The normalized spacial score (nSPS) is 11.0. The average Bonchev–Trinajstić information content (AvgIpc) is 2.78. The highest BCUT2D eigenvalue weighted by atomic mass is 35.5. The highest BCUT2D eigenvalue weighted by molar-refractivity contribution is 7.22. The van der Waals surface area contributed by atoms with Gasteiger partial charge < -0.3 is 5.73 Å². The molecule has 0 fully saturated rings. The van der Waals surface area contributed by atoms with Gasteiger partial charge in [-0.15, -0.1) is 11.3 Å². The Morgan fingerprint density at radius 2 is 1.94 bits per heavy atom. The van der Waals surface area contributed by atoms with E-state index < -0.39 is 0 Å². The molecular weight excluding hydrogens is 264 g/mol. The van der Waals surface area contributed by atoms with Crippen molar-refractivity contribution in [3.63, 3.8) is 0 Å². The van der Waals surface area contributed by atoms with Crippen molar-refractivity contribution in [3.8, 4) is 10.6 Å². The number of nitrogens with zero attached hydrogens (tertiary/aromatic N) is 1. The summed E-state index contributed by atoms with van der Waals surface area (Å²) < 4.78 is 1.02. The van der Waals surface area contributed by atoms with E-state index in [4.69, 9.17) is 17.3 Å². The van der Waals surface area contributed by atoms with E-state index >= 15 is 0 Å². The number of benzene rings is 2. The number of halogens is 1. The molecule has 0 saturated carbocycles. The van der Waals surface area contributed by atoms with Crippen molar-refractivity contribution in [1.29, 1.82) is 0 Å². The van der Waals surface area contributed by atoms with Crippen molar-refractivity contribution in [2.24, 2.45) is 0 Å². The Hall–Kier alpha value is -1.58. The Morgan fingerprint density at radius 1 is 1.17 bits per heavy atom. The average molecular weight is 275 g/mol. The molecule has 2 nitrogen and oxygen atoms in total. The predicted octanol–water partition coefficient (Wildman–Crippen LogP) is 4.51. The Balaban J connectivity index is 2.26. The topological polar surface area (TPSA) is 38.9 Å². The number of nitrogen functional groups attached to an aromatic ring is 1. The lowest BCUT2D eigenvalue weighted by Gasteiger charge is -2.04. The third-order valence-electron chi connectivity index (χ3n) is 2.97. The van der Waals surface area contributed by atoms with Crippen LogP contribution >= 0.6 is 22.9 Å². The second-order valence-electron chi connectivity index (χ2n) is 4.13. The predicted molar refractivity (Wildman–Crippen MR) is 79.2 cm³/mol. The molecule has 1 heterocycles. The van der Waals surface area contributed by atoms with Crippen LogP contribution in [0.5, 0.6) is 0 Å². The zero-order valence-electron chi connectivity index (χ0n) is 9.77. The van der Waals surface area contributed by atoms with Crippen LogP contribution in [0.4, 0.5) is 5.69 Å². The van der Waals surface area contributed by atoms with Crippen LogP contribution in [-0.2, 0) is 0 Å². The van der Waals surface area contributed by atoms with Gasteiger partial charge in [0.1, 0.15) is 5.01 Å². The van der Waals surface area contributed by atoms with Gasteiger partial charge >= 0.3 is 0 Å². The summed E-state index contributed by atoms with van der Waals surface area (Å²) in [6.45, 7) is 2.01. The van der Waals surface area contributed by atoms with Gasteiger partial charge in [0.2, 0.25) is 0 Å². The largest absolute Gasteiger partial charge is 0.398 e. The molecule has 0 aliphatic heterocycles. The SMILES string of the molecule is Cc1c(N)cccc1-c1nc2cccc(Cl)c2s1. The summed E-state index contributed by atoms with van der Waals surface area (Å²) in [5, 5.41) is 1.71. The fourth-order valence-corrected chi connectivity index (χ4v) is 3.25. The van der Waals surface area contributed by atoms with Crippen molar-refractivity contribution >= 4 is 38.8 Å². The van der Waals surface area contributed by atoms with Crippen molar-refractivity contribution in [3.05, 3.63) is 47.0 Å². The van der Waals surface area contributed by atoms with Crippen LogP contribution in [0.15, 0.2) is 36.4 Å². The smallest absolute Gasteiger partial charge is 0.124 e. The standard InChI is InChI=1S/C14H11ClN2S/c1-8-9(4-2-6-11(8)16)14-17-12-7-3-5-10(15)13(12)18-14/h2-7H,16H2,1H3. The number of nitrogens with two attached hydrogens (primary N) is 1. The summed E-state index contributed by atoms with van der Waals surface area (Å²) in [6.07, 6.45) is 0. The number of fused-ring (bicyclic) bond motifs is 1. The molecule has 3 rings (SSSR count). The molecule has 2 N–H and O–H groups in total. The fraction of sp³-hybridized carbons (Fsp3) is 0.0714. The maximum absolute atomic E-state index is 6.17. The molecule has 0 unspecified atom stereocenters. The molecule has 0 amide bonds. The first-order chi connectivity index (χ1) is 8.66. The van der Waals surface area contributed by atoms with Gasteiger partial charge in [0.15, 0.2) is 0 Å². The first-order valence-electron chi connectivity index (χ1n) is 5.57. The zero-order valence-corrected chi connectivity index (χ0v) is 11.3. The minimum Gasteiger partial charge on any atom is -0.398 e. The summed E-state index contributed by atoms with van der Waals surface area (Å²) in [6, 6.07) is 11.7. The summed E-state index contributed by atoms with van der Waals surface area (Å²) in [5.74, 6) is 0. The van der Waals surface area contributed by atoms with Crippen LogP contribution in [0.2, 0.25) is 5.02 Å². The maximum Gasteiger partial charge on any atom is 0.124 e. The molecule has 90 valence electrons. The minimum absolute atomic E-state index is 0.748. The summed E-state index contributed by atoms with van der Waals surface area (Å²) in [4.78, 5) is 4.62. The quantitative estimate of drug-likeness (QED) is 0.663. The van der Waals surface area contributed by atoms with Gasteiger partial charge in [-0.1, -0.05) is 29.8 Å². The van der Waals surface area contributed by atoms with E-state index in [-0.39, 0.29) is 0 Å². The molecule has 0 saturated heterocycles. The molecule has 0 atom stereocenters. The number of anilines is 1. The number of aromatic nitrogens is 1. The van der Waals surface area contributed by atoms with E-state index in [0.29, 0.717) is 0 Å². The van der Waals surface area contributed by atoms with Crippen LogP contribution in [0.1, 0.15) is 5.56 Å². The highest BCUT2D eigenvalue weighted by Gasteiger charge is 2.11. The van der Waals surface area contributed by atoms with E-state index in [1.54, 1.807) is 11.3 Å². The number of rotatable bonds is 1. The second kappa shape index (κ2) is 4.26. The van der Waals surface area contributed by atoms with Crippen molar-refractivity contribution in [2.45, 2.75) is 6.92 Å². The summed E-state index contributed by atoms with van der Waals surface area (Å²) in [7, 11) is 0. The Kier molecular flexibility index (Phi) is 2.73. The lowest BCUT2D eigenvalue weighted by molar-refractivity contribution is 1.41. The van der Waals surface area contributed by atoms with Crippen LogP contribution < -0.4 is 5.73 Å². The number of hydrogen-bond donors (Lipinski definition) is 1. The molecule has 1 aromatic heterocycles. The summed E-state index contributed by atoms with van der Waals surface area (Å²) >= 11 is 7.78. The van der Waals surface area contributed by atoms with Gasteiger partial charge in [0, 0.05) is 11.3 Å². The van der Waals surface area contributed by atoms with Gasteiger partial charge in [-0.05, 0) is 30.7 Å². The van der Waals surface area contributed by atoms with Gasteiger partial charge in [-0.25, -0.2) is 4.98 Å². The van der Waals surface area contributed by atoms with E-state index in [1.165, 1.54) is 0 Å². The van der Waals surface area contributed by atoms with E-state index in [0.717, 1.165) is 37.1 Å².